The van der Waals surface area contributed by atoms with Crippen molar-refractivity contribution in [2.45, 2.75) is 6.10 Å². The number of para-hydroxylation sites is 1. The predicted molar refractivity (Wildman–Crippen MR) is 128 cm³/mol. The number of anilines is 1. The summed E-state index contributed by atoms with van der Waals surface area (Å²) in [6.45, 7) is 0. The van der Waals surface area contributed by atoms with E-state index in [-0.39, 0.29) is 6.10 Å². The molecule has 0 aliphatic carbocycles. The van der Waals surface area contributed by atoms with E-state index in [2.05, 4.69) is 69.8 Å². The maximum atomic E-state index is 6.54. The standard InChI is InChI=1S/C25H20BrNO2S/c1-27-19-7-4-3-6-16(19)15-10-11-17-18(14-15)25(22-12-13-23(26)30-22)29-21-9-5-8-20(28-2)24(17)21/h3-14,25,27H,1-2H3. The Morgan fingerprint density at radius 3 is 2.60 bits per heavy atom. The lowest BCUT2D eigenvalue weighted by atomic mass is 9.88. The molecule has 30 heavy (non-hydrogen) atoms. The molecule has 0 spiro atoms. The summed E-state index contributed by atoms with van der Waals surface area (Å²) in [5, 5.41) is 3.30. The van der Waals surface area contributed by atoms with E-state index in [1.807, 2.05) is 31.3 Å². The van der Waals surface area contributed by atoms with Crippen LogP contribution in [0.3, 0.4) is 0 Å². The molecule has 0 amide bonds. The second-order valence-electron chi connectivity index (χ2n) is 7.07. The minimum Gasteiger partial charge on any atom is -0.496 e. The van der Waals surface area contributed by atoms with Crippen LogP contribution in [0.2, 0.25) is 0 Å². The number of halogens is 1. The van der Waals surface area contributed by atoms with Crippen LogP contribution in [0.15, 0.2) is 76.6 Å². The molecule has 1 atom stereocenters. The summed E-state index contributed by atoms with van der Waals surface area (Å²) in [4.78, 5) is 1.16. The first kappa shape index (κ1) is 19.2. The van der Waals surface area contributed by atoms with Crippen LogP contribution in [0.4, 0.5) is 5.69 Å². The van der Waals surface area contributed by atoms with Crippen molar-refractivity contribution in [2.24, 2.45) is 0 Å². The van der Waals surface area contributed by atoms with Gasteiger partial charge in [0.05, 0.1) is 21.3 Å². The van der Waals surface area contributed by atoms with Crippen LogP contribution >= 0.6 is 27.3 Å². The van der Waals surface area contributed by atoms with Gasteiger partial charge in [-0.2, -0.15) is 0 Å². The van der Waals surface area contributed by atoms with Crippen molar-refractivity contribution in [2.75, 3.05) is 19.5 Å². The summed E-state index contributed by atoms with van der Waals surface area (Å²) >= 11 is 5.30. The summed E-state index contributed by atoms with van der Waals surface area (Å²) in [6.07, 6.45) is -0.169. The van der Waals surface area contributed by atoms with Crippen molar-refractivity contribution in [1.82, 2.24) is 0 Å². The van der Waals surface area contributed by atoms with Gasteiger partial charge < -0.3 is 14.8 Å². The number of fused-ring (bicyclic) bond motifs is 3. The van der Waals surface area contributed by atoms with Crippen LogP contribution in [0.1, 0.15) is 16.5 Å². The van der Waals surface area contributed by atoms with E-state index in [4.69, 9.17) is 9.47 Å². The number of methoxy groups -OCH3 is 1. The summed E-state index contributed by atoms with van der Waals surface area (Å²) in [7, 11) is 3.66. The van der Waals surface area contributed by atoms with Crippen molar-refractivity contribution in [3.05, 3.63) is 87.0 Å². The zero-order valence-electron chi connectivity index (χ0n) is 16.6. The summed E-state index contributed by atoms with van der Waals surface area (Å²) in [5.41, 5.74) is 6.72. The lowest BCUT2D eigenvalue weighted by molar-refractivity contribution is 0.246. The van der Waals surface area contributed by atoms with Crippen LogP contribution in [-0.2, 0) is 0 Å². The first-order valence-electron chi connectivity index (χ1n) is 9.70. The predicted octanol–water partition coefficient (Wildman–Crippen LogP) is 7.38. The molecule has 3 aromatic carbocycles. The van der Waals surface area contributed by atoms with E-state index in [0.29, 0.717) is 0 Å². The van der Waals surface area contributed by atoms with Gasteiger partial charge in [0, 0.05) is 23.9 Å². The summed E-state index contributed by atoms with van der Waals surface area (Å²) in [6, 6.07) is 25.1. The average molecular weight is 478 g/mol. The molecular weight excluding hydrogens is 458 g/mol. The molecule has 4 aromatic rings. The van der Waals surface area contributed by atoms with E-state index < -0.39 is 0 Å². The zero-order chi connectivity index (χ0) is 20.7. The molecular formula is C25H20BrNO2S. The average Bonchev–Trinajstić information content (AvgIpc) is 3.23. The smallest absolute Gasteiger partial charge is 0.159 e. The van der Waals surface area contributed by atoms with Gasteiger partial charge in [-0.25, -0.2) is 0 Å². The lowest BCUT2D eigenvalue weighted by Crippen LogP contribution is -2.15. The second-order valence-corrected chi connectivity index (χ2v) is 9.57. The Labute approximate surface area is 188 Å². The highest BCUT2D eigenvalue weighted by molar-refractivity contribution is 9.11. The monoisotopic (exact) mass is 477 g/mol. The number of thiophene rings is 1. The number of benzene rings is 3. The van der Waals surface area contributed by atoms with Crippen LogP contribution in [-0.4, -0.2) is 14.2 Å². The molecule has 0 fully saturated rings. The second kappa shape index (κ2) is 7.82. The van der Waals surface area contributed by atoms with E-state index in [9.17, 15) is 0 Å². The lowest BCUT2D eigenvalue weighted by Gasteiger charge is -2.30. The summed E-state index contributed by atoms with van der Waals surface area (Å²) in [5.74, 6) is 1.67. The number of rotatable bonds is 4. The van der Waals surface area contributed by atoms with Crippen molar-refractivity contribution >= 4 is 33.0 Å². The number of hydrogen-bond donors (Lipinski definition) is 1. The van der Waals surface area contributed by atoms with E-state index >= 15 is 0 Å². The minimum absolute atomic E-state index is 0.169. The minimum atomic E-state index is -0.169. The highest BCUT2D eigenvalue weighted by atomic mass is 79.9. The van der Waals surface area contributed by atoms with Crippen molar-refractivity contribution < 1.29 is 9.47 Å². The molecule has 1 unspecified atom stereocenters. The molecule has 0 radical (unpaired) electrons. The van der Waals surface area contributed by atoms with Crippen molar-refractivity contribution in [3.63, 3.8) is 0 Å². The molecule has 0 saturated heterocycles. The molecule has 2 heterocycles. The third kappa shape index (κ3) is 3.18. The maximum Gasteiger partial charge on any atom is 0.159 e. The van der Waals surface area contributed by atoms with Gasteiger partial charge in [-0.1, -0.05) is 36.4 Å². The topological polar surface area (TPSA) is 30.5 Å². The van der Waals surface area contributed by atoms with Crippen LogP contribution in [0.25, 0.3) is 22.3 Å². The van der Waals surface area contributed by atoms with E-state index in [0.717, 1.165) is 48.1 Å². The van der Waals surface area contributed by atoms with Gasteiger partial charge in [0.1, 0.15) is 11.5 Å². The maximum absolute atomic E-state index is 6.54. The molecule has 1 aliphatic heterocycles. The van der Waals surface area contributed by atoms with E-state index in [1.165, 1.54) is 5.56 Å². The number of ether oxygens (including phenoxy) is 2. The zero-order valence-corrected chi connectivity index (χ0v) is 19.0. The van der Waals surface area contributed by atoms with Gasteiger partial charge in [0.15, 0.2) is 6.10 Å². The summed E-state index contributed by atoms with van der Waals surface area (Å²) < 4.78 is 13.3. The van der Waals surface area contributed by atoms with Gasteiger partial charge in [-0.05, 0) is 63.5 Å². The molecule has 1 aromatic heterocycles. The molecule has 5 heteroatoms. The Hall–Kier alpha value is -2.76. The van der Waals surface area contributed by atoms with Gasteiger partial charge in [0.2, 0.25) is 0 Å². The van der Waals surface area contributed by atoms with Gasteiger partial charge in [-0.3, -0.25) is 0 Å². The molecule has 1 aliphatic rings. The highest BCUT2D eigenvalue weighted by Crippen LogP contribution is 2.51. The number of hydrogen-bond acceptors (Lipinski definition) is 4. The first-order valence-corrected chi connectivity index (χ1v) is 11.3. The Bertz CT molecular complexity index is 1230. The van der Waals surface area contributed by atoms with Gasteiger partial charge in [-0.15, -0.1) is 11.3 Å². The first-order chi connectivity index (χ1) is 14.7. The quantitative estimate of drug-likeness (QED) is 0.332. The normalized spacial score (nSPS) is 14.4. The molecule has 5 rings (SSSR count). The van der Waals surface area contributed by atoms with E-state index in [1.54, 1.807) is 18.4 Å². The fourth-order valence-corrected chi connectivity index (χ4v) is 5.52. The third-order valence-electron chi connectivity index (χ3n) is 5.42. The Kier molecular flexibility index (Phi) is 5.01. The largest absolute Gasteiger partial charge is 0.496 e. The van der Waals surface area contributed by atoms with Crippen LogP contribution < -0.4 is 14.8 Å². The molecule has 3 nitrogen and oxygen atoms in total. The van der Waals surface area contributed by atoms with Crippen LogP contribution in [0, 0.1) is 0 Å². The Morgan fingerprint density at radius 1 is 0.967 bits per heavy atom. The Morgan fingerprint density at radius 2 is 1.83 bits per heavy atom. The number of nitrogens with one attached hydrogen (secondary N) is 1. The SMILES string of the molecule is CNc1ccccc1-c1ccc2c(c1)C(c1ccc(Br)s1)Oc1cccc(OC)c1-2. The van der Waals surface area contributed by atoms with Gasteiger partial charge >= 0.3 is 0 Å². The highest BCUT2D eigenvalue weighted by Gasteiger charge is 2.31. The Balaban J connectivity index is 1.74. The fraction of sp³-hybridized carbons (Fsp3) is 0.120. The fourth-order valence-electron chi connectivity index (χ4n) is 4.04. The molecule has 0 bridgehead atoms. The van der Waals surface area contributed by atoms with Crippen molar-refractivity contribution in [3.8, 4) is 33.8 Å². The van der Waals surface area contributed by atoms with Gasteiger partial charge in [0.25, 0.3) is 0 Å². The molecule has 0 saturated carbocycles. The van der Waals surface area contributed by atoms with Crippen molar-refractivity contribution in [1.29, 1.82) is 0 Å². The third-order valence-corrected chi connectivity index (χ3v) is 7.08. The molecule has 1 N–H and O–H groups in total. The molecule has 150 valence electrons. The van der Waals surface area contributed by atoms with Crippen LogP contribution in [0.5, 0.6) is 11.5 Å².